The van der Waals surface area contributed by atoms with Crippen LogP contribution in [-0.4, -0.2) is 10.6 Å². The molecule has 0 saturated carbocycles. The highest BCUT2D eigenvalue weighted by Gasteiger charge is 2.30. The third-order valence-electron chi connectivity index (χ3n) is 11.3. The van der Waals surface area contributed by atoms with Crippen molar-refractivity contribution < 1.29 is 4.42 Å². The Bertz CT molecular complexity index is 2930. The summed E-state index contributed by atoms with van der Waals surface area (Å²) in [6.45, 7) is 0. The molecule has 3 heterocycles. The van der Waals surface area contributed by atoms with Gasteiger partial charge in [0.15, 0.2) is 0 Å². The maximum absolute atomic E-state index is 6.71. The number of hydrogen-bond donors (Lipinski definition) is 2. The zero-order valence-electron chi connectivity index (χ0n) is 29.7. The van der Waals surface area contributed by atoms with Crippen LogP contribution in [0.1, 0.15) is 35.7 Å². The standard InChI is InChI=1S/C50H37N3O/c1-3-12-32(13-4-1)34-22-24-35(25-23-34)49-40-17-7-9-19-43(40)51-50(52-49)42-18-11-21-46-48(42)41-29-27-37(31-47(41)54-46)53-44-20-10-8-16-38(44)39-28-26-36(30-45(39)53)33-14-5-2-6-15-33/h2-3,5-31,43,50-52H,1,4H2. The Labute approximate surface area is 313 Å². The lowest BCUT2D eigenvalue weighted by molar-refractivity contribution is 0.462. The van der Waals surface area contributed by atoms with Gasteiger partial charge in [-0.25, -0.2) is 0 Å². The molecule has 0 fully saturated rings. The van der Waals surface area contributed by atoms with Gasteiger partial charge in [-0.05, 0) is 76.6 Å². The van der Waals surface area contributed by atoms with Gasteiger partial charge in [-0.1, -0.05) is 140 Å². The Kier molecular flexibility index (Phi) is 7.17. The summed E-state index contributed by atoms with van der Waals surface area (Å²) in [5.74, 6) is 0. The highest BCUT2D eigenvalue weighted by molar-refractivity contribution is 6.11. The van der Waals surface area contributed by atoms with Gasteiger partial charge in [0.05, 0.1) is 17.1 Å². The summed E-state index contributed by atoms with van der Waals surface area (Å²) in [4.78, 5) is 0. The molecule has 0 spiro atoms. The predicted molar refractivity (Wildman–Crippen MR) is 224 cm³/mol. The first kappa shape index (κ1) is 31.0. The maximum atomic E-state index is 6.71. The molecule has 8 aromatic rings. The van der Waals surface area contributed by atoms with Gasteiger partial charge in [-0.3, -0.25) is 5.32 Å². The highest BCUT2D eigenvalue weighted by atomic mass is 16.3. The fraction of sp³-hybridized carbons (Fsp3) is 0.0800. The molecule has 11 rings (SSSR count). The molecule has 3 aliphatic rings. The third kappa shape index (κ3) is 5.02. The van der Waals surface area contributed by atoms with Crippen LogP contribution in [0.3, 0.4) is 0 Å². The Hall–Kier alpha value is -6.62. The van der Waals surface area contributed by atoms with Crippen LogP contribution in [0.2, 0.25) is 0 Å². The van der Waals surface area contributed by atoms with Crippen LogP contribution in [0.4, 0.5) is 0 Å². The van der Waals surface area contributed by atoms with Crippen LogP contribution in [0.25, 0.3) is 71.8 Å². The summed E-state index contributed by atoms with van der Waals surface area (Å²) in [5.41, 5.74) is 14.9. The maximum Gasteiger partial charge on any atom is 0.137 e. The van der Waals surface area contributed by atoms with Gasteiger partial charge < -0.3 is 14.3 Å². The van der Waals surface area contributed by atoms with E-state index in [9.17, 15) is 0 Å². The second-order valence-electron chi connectivity index (χ2n) is 14.5. The molecule has 0 radical (unpaired) electrons. The van der Waals surface area contributed by atoms with Crippen molar-refractivity contribution in [2.45, 2.75) is 25.0 Å². The lowest BCUT2D eigenvalue weighted by Gasteiger charge is -2.36. The monoisotopic (exact) mass is 695 g/mol. The molecule has 6 aromatic carbocycles. The van der Waals surface area contributed by atoms with Crippen LogP contribution in [0.5, 0.6) is 0 Å². The second kappa shape index (κ2) is 12.5. The van der Waals surface area contributed by atoms with Crippen LogP contribution in [-0.2, 0) is 0 Å². The first-order chi connectivity index (χ1) is 26.8. The molecular weight excluding hydrogens is 659 g/mol. The minimum atomic E-state index is -0.133. The second-order valence-corrected chi connectivity index (χ2v) is 14.5. The van der Waals surface area contributed by atoms with Crippen molar-refractivity contribution in [3.63, 3.8) is 0 Å². The molecule has 4 heteroatoms. The number of nitrogens with zero attached hydrogens (tertiary/aromatic N) is 1. The lowest BCUT2D eigenvalue weighted by Crippen LogP contribution is -2.45. The van der Waals surface area contributed by atoms with Gasteiger partial charge in [0.2, 0.25) is 0 Å². The molecule has 2 aliphatic carbocycles. The molecule has 1 aliphatic heterocycles. The first-order valence-corrected chi connectivity index (χ1v) is 18.9. The van der Waals surface area contributed by atoms with E-state index in [1.807, 2.05) is 0 Å². The smallest absolute Gasteiger partial charge is 0.137 e. The molecule has 0 bridgehead atoms. The summed E-state index contributed by atoms with van der Waals surface area (Å²) in [5, 5.41) is 12.5. The number of nitrogens with one attached hydrogen (secondary N) is 2. The lowest BCUT2D eigenvalue weighted by atomic mass is 9.91. The molecule has 258 valence electrons. The Morgan fingerprint density at radius 1 is 0.593 bits per heavy atom. The zero-order valence-corrected chi connectivity index (χ0v) is 29.7. The SMILES string of the molecule is C1=CC2=C(c3ccc(C4=CCCC=C4)cc3)NC(c3cccc4oc5cc(-n6c7ccccc7c7ccc(-c8ccccc8)cc76)ccc5c34)NC2C=C1. The van der Waals surface area contributed by atoms with E-state index in [1.54, 1.807) is 0 Å². The fourth-order valence-electron chi connectivity index (χ4n) is 8.73. The molecule has 2 atom stereocenters. The van der Waals surface area contributed by atoms with Crippen molar-refractivity contribution >= 4 is 55.0 Å². The highest BCUT2D eigenvalue weighted by Crippen LogP contribution is 2.40. The molecule has 2 N–H and O–H groups in total. The Morgan fingerprint density at radius 2 is 1.41 bits per heavy atom. The van der Waals surface area contributed by atoms with Crippen LogP contribution >= 0.6 is 0 Å². The minimum absolute atomic E-state index is 0.0796. The van der Waals surface area contributed by atoms with Gasteiger partial charge >= 0.3 is 0 Å². The Balaban J connectivity index is 1.01. The summed E-state index contributed by atoms with van der Waals surface area (Å²) >= 11 is 0. The van der Waals surface area contributed by atoms with Crippen LogP contribution in [0.15, 0.2) is 186 Å². The summed E-state index contributed by atoms with van der Waals surface area (Å²) in [6, 6.07) is 48.3. The molecule has 2 aromatic heterocycles. The Morgan fingerprint density at radius 3 is 2.30 bits per heavy atom. The molecule has 2 unspecified atom stereocenters. The molecule has 0 saturated heterocycles. The summed E-state index contributed by atoms with van der Waals surface area (Å²) in [6.07, 6.45) is 17.7. The average Bonchev–Trinajstić information content (AvgIpc) is 3.79. The number of para-hydroxylation sites is 1. The van der Waals surface area contributed by atoms with E-state index in [0.717, 1.165) is 51.7 Å². The predicted octanol–water partition coefficient (Wildman–Crippen LogP) is 12.2. The van der Waals surface area contributed by atoms with Gasteiger partial charge in [0.1, 0.15) is 17.3 Å². The van der Waals surface area contributed by atoms with Crippen molar-refractivity contribution in [3.8, 4) is 16.8 Å². The van der Waals surface area contributed by atoms with Crippen molar-refractivity contribution in [2.75, 3.05) is 0 Å². The van der Waals surface area contributed by atoms with Gasteiger partial charge in [-0.2, -0.15) is 0 Å². The number of allylic oxidation sites excluding steroid dienone is 6. The normalized spacial score (nSPS) is 18.1. The fourth-order valence-corrected chi connectivity index (χ4v) is 8.73. The summed E-state index contributed by atoms with van der Waals surface area (Å²) < 4.78 is 9.09. The summed E-state index contributed by atoms with van der Waals surface area (Å²) in [7, 11) is 0. The zero-order chi connectivity index (χ0) is 35.6. The largest absolute Gasteiger partial charge is 0.456 e. The number of hydrogen-bond acceptors (Lipinski definition) is 3. The van der Waals surface area contributed by atoms with Gasteiger partial charge in [0, 0.05) is 44.6 Å². The molecule has 0 amide bonds. The number of aromatic nitrogens is 1. The van der Waals surface area contributed by atoms with E-state index in [-0.39, 0.29) is 12.2 Å². The van der Waals surface area contributed by atoms with Crippen LogP contribution in [0, 0.1) is 0 Å². The van der Waals surface area contributed by atoms with Crippen LogP contribution < -0.4 is 10.6 Å². The van der Waals surface area contributed by atoms with E-state index in [2.05, 4.69) is 191 Å². The van der Waals surface area contributed by atoms with E-state index in [4.69, 9.17) is 4.42 Å². The molecule has 54 heavy (non-hydrogen) atoms. The third-order valence-corrected chi connectivity index (χ3v) is 11.3. The van der Waals surface area contributed by atoms with Crippen molar-refractivity contribution in [1.82, 2.24) is 15.2 Å². The van der Waals surface area contributed by atoms with Crippen molar-refractivity contribution in [3.05, 3.63) is 198 Å². The van der Waals surface area contributed by atoms with Gasteiger partial charge in [0.25, 0.3) is 0 Å². The topological polar surface area (TPSA) is 42.1 Å². The van der Waals surface area contributed by atoms with Gasteiger partial charge in [-0.15, -0.1) is 0 Å². The minimum Gasteiger partial charge on any atom is -0.456 e. The van der Waals surface area contributed by atoms with E-state index in [1.165, 1.54) is 55.2 Å². The molecule has 4 nitrogen and oxygen atoms in total. The number of benzene rings is 6. The average molecular weight is 696 g/mol. The molecular formula is C50H37N3O. The number of fused-ring (bicyclic) bond motifs is 7. The van der Waals surface area contributed by atoms with Crippen molar-refractivity contribution in [1.29, 1.82) is 0 Å². The van der Waals surface area contributed by atoms with E-state index >= 15 is 0 Å². The van der Waals surface area contributed by atoms with E-state index in [0.29, 0.717) is 0 Å². The van der Waals surface area contributed by atoms with E-state index < -0.39 is 0 Å². The van der Waals surface area contributed by atoms with Crippen molar-refractivity contribution in [2.24, 2.45) is 0 Å². The quantitative estimate of drug-likeness (QED) is 0.188. The number of furan rings is 1. The number of rotatable bonds is 5. The first-order valence-electron chi connectivity index (χ1n) is 18.9.